The number of thiocarbonyl (C=S) groups is 1. The standard InChI is InChI=1S/C15H22N2O2S/c1-18-11-12-6-7-17(10-12)8-9-19-14-4-2-13(3-5-14)15(16)20/h2-5,12H,6-11H2,1H3,(H2,16,20). The number of nitrogens with two attached hydrogens (primary N) is 1. The van der Waals surface area contributed by atoms with Gasteiger partial charge in [0.05, 0.1) is 6.61 Å². The van der Waals surface area contributed by atoms with Crippen LogP contribution in [-0.2, 0) is 4.74 Å². The SMILES string of the molecule is COCC1CCN(CCOc2ccc(C(N)=S)cc2)C1. The van der Waals surface area contributed by atoms with E-state index in [0.717, 1.165) is 37.6 Å². The van der Waals surface area contributed by atoms with Gasteiger partial charge in [-0.2, -0.15) is 0 Å². The van der Waals surface area contributed by atoms with Gasteiger partial charge in [-0.05, 0) is 43.1 Å². The van der Waals surface area contributed by atoms with Crippen molar-refractivity contribution in [1.29, 1.82) is 0 Å². The van der Waals surface area contributed by atoms with Gasteiger partial charge in [-0.25, -0.2) is 0 Å². The normalized spacial score (nSPS) is 19.1. The smallest absolute Gasteiger partial charge is 0.119 e. The maximum atomic E-state index is 5.74. The topological polar surface area (TPSA) is 47.7 Å². The first-order chi connectivity index (χ1) is 9.69. The lowest BCUT2D eigenvalue weighted by Crippen LogP contribution is -2.26. The fraction of sp³-hybridized carbons (Fsp3) is 0.533. The summed E-state index contributed by atoms with van der Waals surface area (Å²) in [5.74, 6) is 1.53. The number of methoxy groups -OCH3 is 1. The molecule has 20 heavy (non-hydrogen) atoms. The van der Waals surface area contributed by atoms with E-state index in [1.165, 1.54) is 6.42 Å². The second-order valence-electron chi connectivity index (χ2n) is 5.15. The fourth-order valence-corrected chi connectivity index (χ4v) is 2.63. The molecular weight excluding hydrogens is 272 g/mol. The van der Waals surface area contributed by atoms with Crippen LogP contribution < -0.4 is 10.5 Å². The van der Waals surface area contributed by atoms with Crippen molar-refractivity contribution in [3.05, 3.63) is 29.8 Å². The van der Waals surface area contributed by atoms with E-state index in [1.807, 2.05) is 24.3 Å². The molecule has 0 amide bonds. The Kier molecular flexibility index (Phi) is 5.76. The molecular formula is C15H22N2O2S. The molecule has 1 aromatic carbocycles. The van der Waals surface area contributed by atoms with Crippen LogP contribution in [0.15, 0.2) is 24.3 Å². The molecule has 1 aliphatic heterocycles. The van der Waals surface area contributed by atoms with Crippen LogP contribution in [0.5, 0.6) is 5.75 Å². The van der Waals surface area contributed by atoms with Crippen molar-refractivity contribution in [1.82, 2.24) is 4.90 Å². The zero-order valence-electron chi connectivity index (χ0n) is 11.9. The largest absolute Gasteiger partial charge is 0.492 e. The maximum Gasteiger partial charge on any atom is 0.119 e. The van der Waals surface area contributed by atoms with Crippen LogP contribution in [0.1, 0.15) is 12.0 Å². The molecule has 4 nitrogen and oxygen atoms in total. The van der Waals surface area contributed by atoms with E-state index in [0.29, 0.717) is 17.5 Å². The van der Waals surface area contributed by atoms with Crippen molar-refractivity contribution in [3.8, 4) is 5.75 Å². The van der Waals surface area contributed by atoms with Gasteiger partial charge in [-0.3, -0.25) is 4.90 Å². The molecule has 0 saturated carbocycles. The maximum absolute atomic E-state index is 5.74. The predicted octanol–water partition coefficient (Wildman–Crippen LogP) is 1.67. The van der Waals surface area contributed by atoms with Crippen molar-refractivity contribution in [2.24, 2.45) is 11.7 Å². The molecule has 0 bridgehead atoms. The second-order valence-corrected chi connectivity index (χ2v) is 5.59. The number of hydrogen-bond acceptors (Lipinski definition) is 4. The van der Waals surface area contributed by atoms with Gasteiger partial charge < -0.3 is 15.2 Å². The molecule has 1 atom stereocenters. The quantitative estimate of drug-likeness (QED) is 0.775. The lowest BCUT2D eigenvalue weighted by Gasteiger charge is -2.16. The summed E-state index contributed by atoms with van der Waals surface area (Å²) in [6, 6.07) is 7.60. The highest BCUT2D eigenvalue weighted by atomic mass is 32.1. The summed E-state index contributed by atoms with van der Waals surface area (Å²) < 4.78 is 10.9. The third-order valence-corrected chi connectivity index (χ3v) is 3.82. The highest BCUT2D eigenvalue weighted by Crippen LogP contribution is 2.16. The molecule has 1 saturated heterocycles. The Balaban J connectivity index is 1.69. The zero-order chi connectivity index (χ0) is 14.4. The fourth-order valence-electron chi connectivity index (χ4n) is 2.50. The zero-order valence-corrected chi connectivity index (χ0v) is 12.7. The number of hydrogen-bond donors (Lipinski definition) is 1. The van der Waals surface area contributed by atoms with Crippen molar-refractivity contribution < 1.29 is 9.47 Å². The molecule has 0 aliphatic carbocycles. The first kappa shape index (κ1) is 15.2. The monoisotopic (exact) mass is 294 g/mol. The van der Waals surface area contributed by atoms with Crippen LogP contribution in [0.4, 0.5) is 0 Å². The number of rotatable bonds is 7. The van der Waals surface area contributed by atoms with Gasteiger partial charge in [0.25, 0.3) is 0 Å². The van der Waals surface area contributed by atoms with Gasteiger partial charge in [0.2, 0.25) is 0 Å². The predicted molar refractivity (Wildman–Crippen MR) is 84.2 cm³/mol. The highest BCUT2D eigenvalue weighted by molar-refractivity contribution is 7.80. The van der Waals surface area contributed by atoms with Gasteiger partial charge in [0.1, 0.15) is 17.3 Å². The summed E-state index contributed by atoms with van der Waals surface area (Å²) in [5.41, 5.74) is 6.43. The molecule has 1 aromatic rings. The second kappa shape index (κ2) is 7.57. The molecule has 5 heteroatoms. The van der Waals surface area contributed by atoms with Gasteiger partial charge in [0, 0.05) is 25.8 Å². The minimum Gasteiger partial charge on any atom is -0.492 e. The molecule has 2 rings (SSSR count). The first-order valence-corrected chi connectivity index (χ1v) is 7.34. The van der Waals surface area contributed by atoms with E-state index in [9.17, 15) is 0 Å². The van der Waals surface area contributed by atoms with E-state index in [4.69, 9.17) is 27.4 Å². The summed E-state index contributed by atoms with van der Waals surface area (Å²) in [7, 11) is 1.77. The van der Waals surface area contributed by atoms with Gasteiger partial charge >= 0.3 is 0 Å². The van der Waals surface area contributed by atoms with Gasteiger partial charge in [-0.15, -0.1) is 0 Å². The van der Waals surface area contributed by atoms with E-state index < -0.39 is 0 Å². The summed E-state index contributed by atoms with van der Waals surface area (Å²) in [5, 5.41) is 0. The van der Waals surface area contributed by atoms with Crippen molar-refractivity contribution in [3.63, 3.8) is 0 Å². The van der Waals surface area contributed by atoms with Crippen LogP contribution >= 0.6 is 12.2 Å². The third-order valence-electron chi connectivity index (χ3n) is 3.59. The molecule has 1 unspecified atom stereocenters. The van der Waals surface area contributed by atoms with Crippen molar-refractivity contribution in [2.75, 3.05) is 40.0 Å². The number of ether oxygens (including phenoxy) is 2. The molecule has 0 spiro atoms. The summed E-state index contributed by atoms with van der Waals surface area (Å²) >= 11 is 4.92. The summed E-state index contributed by atoms with van der Waals surface area (Å²) in [4.78, 5) is 2.84. The Hall–Kier alpha value is -1.17. The molecule has 0 radical (unpaired) electrons. The number of nitrogens with zero attached hydrogens (tertiary/aromatic N) is 1. The molecule has 1 fully saturated rings. The lowest BCUT2D eigenvalue weighted by molar-refractivity contribution is 0.150. The van der Waals surface area contributed by atoms with Crippen molar-refractivity contribution >= 4 is 17.2 Å². The lowest BCUT2D eigenvalue weighted by atomic mass is 10.1. The van der Waals surface area contributed by atoms with E-state index in [-0.39, 0.29) is 0 Å². The average Bonchev–Trinajstić information content (AvgIpc) is 2.87. The third kappa shape index (κ3) is 4.44. The van der Waals surface area contributed by atoms with E-state index in [1.54, 1.807) is 7.11 Å². The summed E-state index contributed by atoms with van der Waals surface area (Å²) in [6.07, 6.45) is 1.22. The first-order valence-electron chi connectivity index (χ1n) is 6.93. The molecule has 1 aliphatic rings. The minimum absolute atomic E-state index is 0.415. The number of likely N-dealkylation sites (tertiary alicyclic amines) is 1. The Morgan fingerprint density at radius 1 is 1.40 bits per heavy atom. The Bertz CT molecular complexity index is 436. The molecule has 1 heterocycles. The molecule has 110 valence electrons. The van der Waals surface area contributed by atoms with Gasteiger partial charge in [0.15, 0.2) is 0 Å². The minimum atomic E-state index is 0.415. The van der Waals surface area contributed by atoms with E-state index in [2.05, 4.69) is 4.90 Å². The van der Waals surface area contributed by atoms with Crippen LogP contribution in [0.3, 0.4) is 0 Å². The van der Waals surface area contributed by atoms with Gasteiger partial charge in [-0.1, -0.05) is 12.2 Å². The van der Waals surface area contributed by atoms with E-state index >= 15 is 0 Å². The summed E-state index contributed by atoms with van der Waals surface area (Å²) in [6.45, 7) is 4.76. The average molecular weight is 294 g/mol. The van der Waals surface area contributed by atoms with Crippen LogP contribution in [0.25, 0.3) is 0 Å². The van der Waals surface area contributed by atoms with Crippen LogP contribution in [0, 0.1) is 5.92 Å². The Morgan fingerprint density at radius 2 is 2.15 bits per heavy atom. The number of benzene rings is 1. The van der Waals surface area contributed by atoms with Crippen LogP contribution in [0.2, 0.25) is 0 Å². The Morgan fingerprint density at radius 3 is 2.80 bits per heavy atom. The highest BCUT2D eigenvalue weighted by Gasteiger charge is 2.21. The van der Waals surface area contributed by atoms with Crippen LogP contribution in [-0.4, -0.2) is 49.8 Å². The molecule has 0 aromatic heterocycles. The Labute approximate surface area is 125 Å². The molecule has 2 N–H and O–H groups in total. The van der Waals surface area contributed by atoms with Crippen molar-refractivity contribution in [2.45, 2.75) is 6.42 Å².